The molecular formula is C17H33NO. The van der Waals surface area contributed by atoms with Crippen LogP contribution in [0, 0.1) is 10.8 Å². The average molecular weight is 267 g/mol. The second-order valence-electron chi connectivity index (χ2n) is 8.70. The maximum Gasteiger partial charge on any atom is 0.0565 e. The van der Waals surface area contributed by atoms with E-state index in [9.17, 15) is 0 Å². The molecule has 2 rings (SSSR count). The summed E-state index contributed by atoms with van der Waals surface area (Å²) < 4.78 is 5.85. The largest absolute Gasteiger partial charge is 0.375 e. The van der Waals surface area contributed by atoms with Gasteiger partial charge in [-0.3, -0.25) is 0 Å². The minimum absolute atomic E-state index is 0.408. The van der Waals surface area contributed by atoms with Crippen LogP contribution in [-0.2, 0) is 4.74 Å². The lowest BCUT2D eigenvalue weighted by molar-refractivity contribution is -0.0468. The van der Waals surface area contributed by atoms with Gasteiger partial charge in [0.15, 0.2) is 0 Å². The molecule has 1 saturated heterocycles. The van der Waals surface area contributed by atoms with Crippen molar-refractivity contribution in [1.29, 1.82) is 0 Å². The van der Waals surface area contributed by atoms with Crippen LogP contribution in [0.5, 0.6) is 0 Å². The highest BCUT2D eigenvalue weighted by atomic mass is 16.5. The summed E-state index contributed by atoms with van der Waals surface area (Å²) in [6.07, 6.45) is 7.13. The topological polar surface area (TPSA) is 21.3 Å². The van der Waals surface area contributed by atoms with Crippen molar-refractivity contribution in [3.8, 4) is 0 Å². The molecule has 0 bridgehead atoms. The first kappa shape index (κ1) is 15.3. The van der Waals surface area contributed by atoms with Crippen LogP contribution in [0.1, 0.15) is 73.6 Å². The zero-order valence-electron chi connectivity index (χ0n) is 13.8. The minimum atomic E-state index is 0.408. The second kappa shape index (κ2) is 5.37. The van der Waals surface area contributed by atoms with Crippen LogP contribution in [0.25, 0.3) is 0 Å². The summed E-state index contributed by atoms with van der Waals surface area (Å²) in [4.78, 5) is 0. The summed E-state index contributed by atoms with van der Waals surface area (Å²) in [5, 5.41) is 3.95. The minimum Gasteiger partial charge on any atom is -0.375 e. The Kier molecular flexibility index (Phi) is 4.32. The van der Waals surface area contributed by atoms with Gasteiger partial charge in [0, 0.05) is 12.1 Å². The van der Waals surface area contributed by atoms with Gasteiger partial charge < -0.3 is 10.1 Å². The van der Waals surface area contributed by atoms with Gasteiger partial charge in [-0.15, -0.1) is 0 Å². The SMILES string of the molecule is CC1CC(NC2CC(C)(C)CC(C)(C)C2)CC(C)O1. The average Bonchev–Trinajstić information content (AvgIpc) is 2.08. The fourth-order valence-electron chi connectivity index (χ4n) is 4.84. The summed E-state index contributed by atoms with van der Waals surface area (Å²) in [5.41, 5.74) is 0.948. The van der Waals surface area contributed by atoms with Crippen LogP contribution in [0.15, 0.2) is 0 Å². The van der Waals surface area contributed by atoms with Gasteiger partial charge >= 0.3 is 0 Å². The van der Waals surface area contributed by atoms with Crippen molar-refractivity contribution in [2.24, 2.45) is 10.8 Å². The van der Waals surface area contributed by atoms with E-state index in [1.54, 1.807) is 0 Å². The molecule has 2 nitrogen and oxygen atoms in total. The Morgan fingerprint density at radius 3 is 1.79 bits per heavy atom. The van der Waals surface area contributed by atoms with Gasteiger partial charge in [0.05, 0.1) is 12.2 Å². The Bertz CT molecular complexity index is 284. The summed E-state index contributed by atoms with van der Waals surface area (Å²) in [6, 6.07) is 1.33. The summed E-state index contributed by atoms with van der Waals surface area (Å²) in [7, 11) is 0. The van der Waals surface area contributed by atoms with Crippen molar-refractivity contribution in [3.05, 3.63) is 0 Å². The smallest absolute Gasteiger partial charge is 0.0565 e. The zero-order chi connectivity index (χ0) is 14.3. The fourth-order valence-corrected chi connectivity index (χ4v) is 4.84. The standard InChI is InChI=1S/C17H33NO/c1-12-7-14(8-13(2)19-12)18-15-9-16(3,4)11-17(5,6)10-15/h12-15,18H,7-11H2,1-6H3. The molecule has 2 fully saturated rings. The molecule has 2 atom stereocenters. The van der Waals surface area contributed by atoms with Gasteiger partial charge in [0.25, 0.3) is 0 Å². The predicted molar refractivity (Wildman–Crippen MR) is 81.4 cm³/mol. The molecule has 112 valence electrons. The highest BCUT2D eigenvalue weighted by Gasteiger charge is 2.39. The molecule has 1 aliphatic heterocycles. The number of ether oxygens (including phenoxy) is 1. The lowest BCUT2D eigenvalue weighted by atomic mass is 9.63. The van der Waals surface area contributed by atoms with Gasteiger partial charge in [-0.05, 0) is 56.8 Å². The van der Waals surface area contributed by atoms with E-state index in [2.05, 4.69) is 46.9 Å². The van der Waals surface area contributed by atoms with Gasteiger partial charge in [0.1, 0.15) is 0 Å². The van der Waals surface area contributed by atoms with E-state index >= 15 is 0 Å². The zero-order valence-corrected chi connectivity index (χ0v) is 13.8. The maximum absolute atomic E-state index is 5.85. The highest BCUT2D eigenvalue weighted by molar-refractivity contribution is 4.94. The van der Waals surface area contributed by atoms with Crippen molar-refractivity contribution in [1.82, 2.24) is 5.32 Å². The molecule has 2 aliphatic rings. The lowest BCUT2D eigenvalue weighted by Crippen LogP contribution is -2.50. The molecule has 19 heavy (non-hydrogen) atoms. The molecule has 2 heteroatoms. The highest BCUT2D eigenvalue weighted by Crippen LogP contribution is 2.45. The first-order chi connectivity index (χ1) is 8.65. The van der Waals surface area contributed by atoms with Crippen molar-refractivity contribution < 1.29 is 4.74 Å². The van der Waals surface area contributed by atoms with Crippen LogP contribution < -0.4 is 5.32 Å². The van der Waals surface area contributed by atoms with Crippen LogP contribution in [-0.4, -0.2) is 24.3 Å². The van der Waals surface area contributed by atoms with Crippen molar-refractivity contribution in [3.63, 3.8) is 0 Å². The first-order valence-corrected chi connectivity index (χ1v) is 8.07. The van der Waals surface area contributed by atoms with E-state index in [0.717, 1.165) is 0 Å². The van der Waals surface area contributed by atoms with Gasteiger partial charge in [-0.1, -0.05) is 27.7 Å². The monoisotopic (exact) mass is 267 g/mol. The van der Waals surface area contributed by atoms with E-state index in [1.807, 2.05) is 0 Å². The predicted octanol–water partition coefficient (Wildman–Crippen LogP) is 4.14. The number of hydrogen-bond donors (Lipinski definition) is 1. The maximum atomic E-state index is 5.85. The van der Waals surface area contributed by atoms with Crippen LogP contribution in [0.2, 0.25) is 0 Å². The van der Waals surface area contributed by atoms with Crippen molar-refractivity contribution >= 4 is 0 Å². The van der Waals surface area contributed by atoms with E-state index < -0.39 is 0 Å². The second-order valence-corrected chi connectivity index (χ2v) is 8.70. The van der Waals surface area contributed by atoms with E-state index in [0.29, 0.717) is 35.1 Å². The molecule has 0 spiro atoms. The van der Waals surface area contributed by atoms with Crippen molar-refractivity contribution in [2.75, 3.05) is 0 Å². The number of rotatable bonds is 2. The normalized spacial score (nSPS) is 39.2. The Morgan fingerprint density at radius 2 is 1.32 bits per heavy atom. The third kappa shape index (κ3) is 4.46. The van der Waals surface area contributed by atoms with E-state index in [-0.39, 0.29) is 0 Å². The van der Waals surface area contributed by atoms with Gasteiger partial charge in [-0.2, -0.15) is 0 Å². The van der Waals surface area contributed by atoms with Gasteiger partial charge in [-0.25, -0.2) is 0 Å². The Balaban J connectivity index is 1.94. The van der Waals surface area contributed by atoms with E-state index in [1.165, 1.54) is 32.1 Å². The molecule has 0 aromatic carbocycles. The third-order valence-electron chi connectivity index (χ3n) is 4.72. The molecule has 1 saturated carbocycles. The quantitative estimate of drug-likeness (QED) is 0.812. The molecule has 1 N–H and O–H groups in total. The molecule has 1 heterocycles. The Labute approximate surface area is 119 Å². The van der Waals surface area contributed by atoms with Crippen LogP contribution >= 0.6 is 0 Å². The third-order valence-corrected chi connectivity index (χ3v) is 4.72. The van der Waals surface area contributed by atoms with E-state index in [4.69, 9.17) is 4.74 Å². The molecule has 0 amide bonds. The fraction of sp³-hybridized carbons (Fsp3) is 1.00. The summed E-state index contributed by atoms with van der Waals surface area (Å²) in [6.45, 7) is 14.1. The molecule has 0 radical (unpaired) electrons. The lowest BCUT2D eigenvalue weighted by Gasteiger charge is -2.47. The molecular weight excluding hydrogens is 234 g/mol. The van der Waals surface area contributed by atoms with Crippen molar-refractivity contribution in [2.45, 2.75) is 97.9 Å². The van der Waals surface area contributed by atoms with Crippen LogP contribution in [0.3, 0.4) is 0 Å². The number of nitrogens with one attached hydrogen (secondary N) is 1. The Morgan fingerprint density at radius 1 is 0.842 bits per heavy atom. The summed E-state index contributed by atoms with van der Waals surface area (Å²) in [5.74, 6) is 0. The Hall–Kier alpha value is -0.0800. The molecule has 0 aromatic rings. The summed E-state index contributed by atoms with van der Waals surface area (Å²) >= 11 is 0. The first-order valence-electron chi connectivity index (χ1n) is 8.07. The molecule has 2 unspecified atom stereocenters. The number of hydrogen-bond acceptors (Lipinski definition) is 2. The molecule has 1 aliphatic carbocycles. The van der Waals surface area contributed by atoms with Crippen LogP contribution in [0.4, 0.5) is 0 Å². The van der Waals surface area contributed by atoms with Gasteiger partial charge in [0.2, 0.25) is 0 Å². The molecule has 0 aromatic heterocycles.